The molecule has 2 aromatic rings. The SMILES string of the molecule is N#Cc1c(N)[nH]c(=O)c(C#N)c1-c1cccc(F)c1O. The van der Waals surface area contributed by atoms with Gasteiger partial charge < -0.3 is 15.8 Å². The number of halogens is 1. The number of pyridine rings is 1. The van der Waals surface area contributed by atoms with Crippen molar-refractivity contribution in [1.29, 1.82) is 10.5 Å². The molecule has 0 spiro atoms. The Balaban J connectivity index is 3.01. The van der Waals surface area contributed by atoms with E-state index < -0.39 is 22.7 Å². The van der Waals surface area contributed by atoms with E-state index in [0.29, 0.717) is 0 Å². The average molecular weight is 270 g/mol. The molecule has 6 nitrogen and oxygen atoms in total. The molecule has 20 heavy (non-hydrogen) atoms. The molecule has 0 aliphatic carbocycles. The van der Waals surface area contributed by atoms with Crippen LogP contribution in [0.15, 0.2) is 23.0 Å². The number of aromatic amines is 1. The molecule has 0 aliphatic heterocycles. The van der Waals surface area contributed by atoms with Crippen molar-refractivity contribution in [2.45, 2.75) is 0 Å². The van der Waals surface area contributed by atoms with E-state index in [2.05, 4.69) is 4.98 Å². The normalized spacial score (nSPS) is 9.75. The van der Waals surface area contributed by atoms with Crippen LogP contribution < -0.4 is 11.3 Å². The monoisotopic (exact) mass is 270 g/mol. The number of phenols is 1. The number of nitrogen functional groups attached to an aromatic ring is 1. The van der Waals surface area contributed by atoms with E-state index in [9.17, 15) is 14.3 Å². The van der Waals surface area contributed by atoms with Gasteiger partial charge in [0.1, 0.15) is 29.1 Å². The van der Waals surface area contributed by atoms with Crippen LogP contribution in [-0.4, -0.2) is 10.1 Å². The van der Waals surface area contributed by atoms with Gasteiger partial charge in [0.2, 0.25) is 0 Å². The molecule has 2 rings (SSSR count). The first-order valence-corrected chi connectivity index (χ1v) is 5.35. The largest absolute Gasteiger partial charge is 0.504 e. The summed E-state index contributed by atoms with van der Waals surface area (Å²) in [4.78, 5) is 13.8. The number of hydrogen-bond acceptors (Lipinski definition) is 5. The van der Waals surface area contributed by atoms with Crippen LogP contribution >= 0.6 is 0 Å². The summed E-state index contributed by atoms with van der Waals surface area (Å²) in [6.07, 6.45) is 0. The van der Waals surface area contributed by atoms with Crippen molar-refractivity contribution < 1.29 is 9.50 Å². The van der Waals surface area contributed by atoms with E-state index in [1.165, 1.54) is 12.1 Å². The van der Waals surface area contributed by atoms with Crippen molar-refractivity contribution >= 4 is 5.82 Å². The quantitative estimate of drug-likeness (QED) is 0.717. The molecule has 0 radical (unpaired) electrons. The number of aromatic hydroxyl groups is 1. The average Bonchev–Trinajstić information content (AvgIpc) is 2.41. The zero-order valence-corrected chi connectivity index (χ0v) is 9.94. The van der Waals surface area contributed by atoms with Gasteiger partial charge in [-0.1, -0.05) is 12.1 Å². The van der Waals surface area contributed by atoms with Crippen molar-refractivity contribution in [2.75, 3.05) is 5.73 Å². The first-order chi connectivity index (χ1) is 9.51. The van der Waals surface area contributed by atoms with E-state index in [0.717, 1.165) is 6.07 Å². The van der Waals surface area contributed by atoms with Crippen LogP contribution in [0, 0.1) is 28.5 Å². The third-order valence-corrected chi connectivity index (χ3v) is 2.72. The van der Waals surface area contributed by atoms with Gasteiger partial charge in [0, 0.05) is 11.1 Å². The van der Waals surface area contributed by atoms with Gasteiger partial charge in [0.25, 0.3) is 5.56 Å². The number of H-pyrrole nitrogens is 1. The van der Waals surface area contributed by atoms with Crippen molar-refractivity contribution in [3.63, 3.8) is 0 Å². The lowest BCUT2D eigenvalue weighted by molar-refractivity contribution is 0.434. The van der Waals surface area contributed by atoms with Crippen molar-refractivity contribution in [3.05, 3.63) is 45.5 Å². The minimum Gasteiger partial charge on any atom is -0.504 e. The predicted molar refractivity (Wildman–Crippen MR) is 68.0 cm³/mol. The molecule has 0 bridgehead atoms. The van der Waals surface area contributed by atoms with E-state index in [1.807, 2.05) is 0 Å². The highest BCUT2D eigenvalue weighted by atomic mass is 19.1. The second kappa shape index (κ2) is 4.75. The molecule has 4 N–H and O–H groups in total. The van der Waals surface area contributed by atoms with Gasteiger partial charge in [-0.25, -0.2) is 4.39 Å². The summed E-state index contributed by atoms with van der Waals surface area (Å²) in [5, 5.41) is 27.9. The summed E-state index contributed by atoms with van der Waals surface area (Å²) in [6.45, 7) is 0. The Morgan fingerprint density at radius 3 is 2.50 bits per heavy atom. The summed E-state index contributed by atoms with van der Waals surface area (Å²) in [5.74, 6) is -1.95. The molecule has 7 heteroatoms. The number of hydrogen-bond donors (Lipinski definition) is 3. The van der Waals surface area contributed by atoms with Gasteiger partial charge in [-0.3, -0.25) is 4.79 Å². The number of anilines is 1. The molecule has 0 amide bonds. The maximum atomic E-state index is 13.4. The summed E-state index contributed by atoms with van der Waals surface area (Å²) < 4.78 is 13.4. The lowest BCUT2D eigenvalue weighted by atomic mass is 9.96. The van der Waals surface area contributed by atoms with Gasteiger partial charge in [-0.2, -0.15) is 10.5 Å². The van der Waals surface area contributed by atoms with E-state index in [1.54, 1.807) is 12.1 Å². The number of aromatic nitrogens is 1. The highest BCUT2D eigenvalue weighted by molar-refractivity contribution is 5.83. The van der Waals surface area contributed by atoms with Gasteiger partial charge in [-0.15, -0.1) is 0 Å². The Hall–Kier alpha value is -3.32. The fourth-order valence-corrected chi connectivity index (χ4v) is 1.83. The highest BCUT2D eigenvalue weighted by Gasteiger charge is 2.21. The molecule has 98 valence electrons. The lowest BCUT2D eigenvalue weighted by Gasteiger charge is -2.10. The zero-order valence-electron chi connectivity index (χ0n) is 9.94. The van der Waals surface area contributed by atoms with Crippen LogP contribution in [-0.2, 0) is 0 Å². The van der Waals surface area contributed by atoms with Crippen molar-refractivity contribution in [3.8, 4) is 29.0 Å². The number of nitrogens with zero attached hydrogens (tertiary/aromatic N) is 2. The third kappa shape index (κ3) is 1.84. The summed E-state index contributed by atoms with van der Waals surface area (Å²) in [7, 11) is 0. The van der Waals surface area contributed by atoms with Gasteiger partial charge in [0.05, 0.1) is 0 Å². The molecule has 0 atom stereocenters. The summed E-state index contributed by atoms with van der Waals surface area (Å²) in [5.41, 5.74) is 3.75. The fourth-order valence-electron chi connectivity index (χ4n) is 1.83. The number of benzene rings is 1. The number of phenolic OH excluding ortho intramolecular Hbond substituents is 1. The third-order valence-electron chi connectivity index (χ3n) is 2.72. The van der Waals surface area contributed by atoms with Crippen molar-refractivity contribution in [1.82, 2.24) is 4.98 Å². The number of nitrogens with two attached hydrogens (primary N) is 1. The Bertz CT molecular complexity index is 843. The molecule has 1 aromatic heterocycles. The summed E-state index contributed by atoms with van der Waals surface area (Å²) >= 11 is 0. The molecule has 0 aliphatic rings. The molecular weight excluding hydrogens is 263 g/mol. The van der Waals surface area contributed by atoms with E-state index in [-0.39, 0.29) is 22.5 Å². The lowest BCUT2D eigenvalue weighted by Crippen LogP contribution is -2.16. The molecule has 0 fully saturated rings. The van der Waals surface area contributed by atoms with Crippen molar-refractivity contribution in [2.24, 2.45) is 0 Å². The Morgan fingerprint density at radius 1 is 1.25 bits per heavy atom. The Labute approximate surface area is 112 Å². The number of nitrogens with one attached hydrogen (secondary N) is 1. The molecule has 0 saturated heterocycles. The summed E-state index contributed by atoms with van der Waals surface area (Å²) in [6, 6.07) is 6.93. The number of nitriles is 2. The van der Waals surface area contributed by atoms with Crippen LogP contribution in [0.25, 0.3) is 11.1 Å². The standard InChI is InChI=1S/C13H7FN4O2/c14-9-3-1-2-6(11(9)19)10-7(4-15)12(17)18-13(20)8(10)5-16/h1-3,19H,(H3,17,18,20). The molecule has 0 saturated carbocycles. The smallest absolute Gasteiger partial charge is 0.268 e. The number of para-hydroxylation sites is 1. The first-order valence-electron chi connectivity index (χ1n) is 5.35. The second-order valence-corrected chi connectivity index (χ2v) is 3.85. The maximum Gasteiger partial charge on any atom is 0.268 e. The van der Waals surface area contributed by atoms with Crippen LogP contribution in [0.2, 0.25) is 0 Å². The second-order valence-electron chi connectivity index (χ2n) is 3.85. The van der Waals surface area contributed by atoms with Crippen LogP contribution in [0.5, 0.6) is 5.75 Å². The highest BCUT2D eigenvalue weighted by Crippen LogP contribution is 2.35. The van der Waals surface area contributed by atoms with Crippen LogP contribution in [0.1, 0.15) is 11.1 Å². The predicted octanol–water partition coefficient (Wildman–Crippen LogP) is 1.21. The van der Waals surface area contributed by atoms with E-state index >= 15 is 0 Å². The first kappa shape index (κ1) is 13.1. The van der Waals surface area contributed by atoms with Gasteiger partial charge in [-0.05, 0) is 6.07 Å². The fraction of sp³-hybridized carbons (Fsp3) is 0. The molecule has 0 unspecified atom stereocenters. The van der Waals surface area contributed by atoms with Crippen LogP contribution in [0.4, 0.5) is 10.2 Å². The molecule has 1 heterocycles. The van der Waals surface area contributed by atoms with Gasteiger partial charge >= 0.3 is 0 Å². The van der Waals surface area contributed by atoms with E-state index in [4.69, 9.17) is 16.3 Å². The zero-order chi connectivity index (χ0) is 14.9. The molecule has 1 aromatic carbocycles. The Kier molecular flexibility index (Phi) is 3.11. The minimum absolute atomic E-state index is 0.143. The number of rotatable bonds is 1. The minimum atomic E-state index is -0.936. The maximum absolute atomic E-state index is 13.4. The topological polar surface area (TPSA) is 127 Å². The van der Waals surface area contributed by atoms with Gasteiger partial charge in [0.15, 0.2) is 11.6 Å². The van der Waals surface area contributed by atoms with Crippen LogP contribution in [0.3, 0.4) is 0 Å². The Morgan fingerprint density at radius 2 is 1.90 bits per heavy atom. The molecular formula is C13H7FN4O2.